The second kappa shape index (κ2) is 9.11. The Morgan fingerprint density at radius 1 is 1.00 bits per heavy atom. The Balaban J connectivity index is 1.13. The highest BCUT2D eigenvalue weighted by Crippen LogP contribution is 2.32. The zero-order valence-corrected chi connectivity index (χ0v) is 17.7. The number of amides is 1. The fraction of sp³-hybridized carbons (Fsp3) is 0.130. The van der Waals surface area contributed by atoms with Crippen LogP contribution in [0.2, 0.25) is 0 Å². The summed E-state index contributed by atoms with van der Waals surface area (Å²) in [7, 11) is 0. The van der Waals surface area contributed by atoms with Gasteiger partial charge in [-0.25, -0.2) is 4.98 Å². The minimum atomic E-state index is -0.0806. The Bertz CT molecular complexity index is 1230. The summed E-state index contributed by atoms with van der Waals surface area (Å²) in [5.41, 5.74) is 2.55. The van der Waals surface area contributed by atoms with Crippen molar-refractivity contribution in [3.63, 3.8) is 0 Å². The molecule has 2 aromatic carbocycles. The smallest absolute Gasteiger partial charge is 0.259 e. The van der Waals surface area contributed by atoms with Crippen molar-refractivity contribution in [1.29, 1.82) is 0 Å². The molecule has 5 rings (SSSR count). The summed E-state index contributed by atoms with van der Waals surface area (Å²) in [4.78, 5) is 21.0. The lowest BCUT2D eigenvalue weighted by molar-refractivity contribution is -0.118. The van der Waals surface area contributed by atoms with Crippen LogP contribution in [0.4, 0.5) is 0 Å². The molecule has 0 fully saturated rings. The number of carbonyl (C=O) groups is 1. The van der Waals surface area contributed by atoms with Gasteiger partial charge in [0.25, 0.3) is 5.89 Å². The molecule has 0 aliphatic carbocycles. The molecule has 2 aromatic heterocycles. The van der Waals surface area contributed by atoms with Crippen LogP contribution < -0.4 is 14.8 Å². The summed E-state index contributed by atoms with van der Waals surface area (Å²) in [5, 5.41) is 7.65. The van der Waals surface area contributed by atoms with Gasteiger partial charge in [-0.05, 0) is 29.8 Å². The fourth-order valence-corrected chi connectivity index (χ4v) is 3.75. The number of ether oxygens (including phenoxy) is 2. The number of hydrogen-bond acceptors (Lipinski definition) is 8. The van der Waals surface area contributed by atoms with E-state index in [0.29, 0.717) is 24.0 Å². The number of fused-ring (bicyclic) bond motifs is 1. The molecule has 0 atom stereocenters. The molecule has 0 radical (unpaired) electrons. The van der Waals surface area contributed by atoms with E-state index >= 15 is 0 Å². The molecule has 160 valence electrons. The lowest BCUT2D eigenvalue weighted by Crippen LogP contribution is -2.24. The van der Waals surface area contributed by atoms with Gasteiger partial charge in [0, 0.05) is 18.3 Å². The Labute approximate surface area is 188 Å². The van der Waals surface area contributed by atoms with Crippen molar-refractivity contribution in [1.82, 2.24) is 20.4 Å². The van der Waals surface area contributed by atoms with Gasteiger partial charge in [0.15, 0.2) is 11.5 Å². The van der Waals surface area contributed by atoms with Gasteiger partial charge in [-0.2, -0.15) is 4.98 Å². The fourth-order valence-electron chi connectivity index (χ4n) is 3.08. The second-order valence-electron chi connectivity index (χ2n) is 6.93. The highest BCUT2D eigenvalue weighted by molar-refractivity contribution is 7.99. The maximum absolute atomic E-state index is 12.2. The molecule has 1 amide bonds. The van der Waals surface area contributed by atoms with E-state index < -0.39 is 0 Å². The Morgan fingerprint density at radius 3 is 2.72 bits per heavy atom. The van der Waals surface area contributed by atoms with E-state index in [1.165, 1.54) is 11.8 Å². The van der Waals surface area contributed by atoms with E-state index in [9.17, 15) is 4.79 Å². The zero-order chi connectivity index (χ0) is 21.8. The number of thioether (sulfide) groups is 1. The Kier molecular flexibility index (Phi) is 5.71. The average Bonchev–Trinajstić information content (AvgIpc) is 3.52. The summed E-state index contributed by atoms with van der Waals surface area (Å²) >= 11 is 1.36. The maximum Gasteiger partial charge on any atom is 0.259 e. The SMILES string of the molecule is O=C(CSc1ccc(-c2nc(-c3ccccc3)no2)cn1)NCc1ccc2c(c1)OCO2. The predicted octanol–water partition coefficient (Wildman–Crippen LogP) is 3.94. The lowest BCUT2D eigenvalue weighted by atomic mass is 10.2. The van der Waals surface area contributed by atoms with E-state index in [4.69, 9.17) is 14.0 Å². The van der Waals surface area contributed by atoms with E-state index in [1.54, 1.807) is 6.20 Å². The van der Waals surface area contributed by atoms with Crippen molar-refractivity contribution in [3.8, 4) is 34.3 Å². The Morgan fingerprint density at radius 2 is 1.88 bits per heavy atom. The van der Waals surface area contributed by atoms with Crippen LogP contribution in [-0.4, -0.2) is 33.6 Å². The summed E-state index contributed by atoms with van der Waals surface area (Å²) in [6.07, 6.45) is 1.66. The molecule has 0 spiro atoms. The minimum absolute atomic E-state index is 0.0806. The summed E-state index contributed by atoms with van der Waals surface area (Å²) in [5.74, 6) is 2.53. The summed E-state index contributed by atoms with van der Waals surface area (Å²) in [6.45, 7) is 0.650. The van der Waals surface area contributed by atoms with Gasteiger partial charge in [-0.1, -0.05) is 53.3 Å². The van der Waals surface area contributed by atoms with Gasteiger partial charge < -0.3 is 19.3 Å². The normalized spacial score (nSPS) is 12.0. The number of benzene rings is 2. The molecule has 0 saturated heterocycles. The molecular weight excluding hydrogens is 428 g/mol. The number of carbonyl (C=O) groups excluding carboxylic acids is 1. The lowest BCUT2D eigenvalue weighted by Gasteiger charge is -2.06. The average molecular weight is 446 g/mol. The third-order valence-electron chi connectivity index (χ3n) is 4.72. The number of hydrogen-bond donors (Lipinski definition) is 1. The summed E-state index contributed by atoms with van der Waals surface area (Å²) in [6, 6.07) is 18.9. The van der Waals surface area contributed by atoms with Crippen molar-refractivity contribution in [2.24, 2.45) is 0 Å². The van der Waals surface area contributed by atoms with Crippen molar-refractivity contribution in [2.75, 3.05) is 12.5 Å². The second-order valence-corrected chi connectivity index (χ2v) is 7.92. The van der Waals surface area contributed by atoms with Gasteiger partial charge in [-0.3, -0.25) is 4.79 Å². The monoisotopic (exact) mass is 446 g/mol. The minimum Gasteiger partial charge on any atom is -0.454 e. The Hall–Kier alpha value is -3.85. The first-order valence-corrected chi connectivity index (χ1v) is 10.9. The van der Waals surface area contributed by atoms with Crippen LogP contribution in [0.1, 0.15) is 5.56 Å². The van der Waals surface area contributed by atoms with Crippen LogP contribution >= 0.6 is 11.8 Å². The van der Waals surface area contributed by atoms with Crippen LogP contribution in [0, 0.1) is 0 Å². The van der Waals surface area contributed by atoms with E-state index in [1.807, 2.05) is 60.7 Å². The van der Waals surface area contributed by atoms with Crippen molar-refractivity contribution in [3.05, 3.63) is 72.4 Å². The number of rotatable bonds is 7. The van der Waals surface area contributed by atoms with Crippen LogP contribution in [0.5, 0.6) is 11.5 Å². The van der Waals surface area contributed by atoms with Crippen molar-refractivity contribution in [2.45, 2.75) is 11.6 Å². The molecule has 0 bridgehead atoms. The molecule has 4 aromatic rings. The van der Waals surface area contributed by atoms with Crippen LogP contribution in [0.3, 0.4) is 0 Å². The van der Waals surface area contributed by atoms with Gasteiger partial charge in [0.05, 0.1) is 16.3 Å². The van der Waals surface area contributed by atoms with E-state index in [0.717, 1.165) is 27.5 Å². The first-order valence-electron chi connectivity index (χ1n) is 9.88. The molecule has 8 nitrogen and oxygen atoms in total. The first kappa shape index (κ1) is 20.1. The highest BCUT2D eigenvalue weighted by Gasteiger charge is 2.14. The molecule has 1 aliphatic rings. The maximum atomic E-state index is 12.2. The van der Waals surface area contributed by atoms with Gasteiger partial charge in [0.1, 0.15) is 0 Å². The number of nitrogens with zero attached hydrogens (tertiary/aromatic N) is 3. The largest absolute Gasteiger partial charge is 0.454 e. The molecule has 9 heteroatoms. The third kappa shape index (κ3) is 4.57. The third-order valence-corrected chi connectivity index (χ3v) is 5.66. The summed E-state index contributed by atoms with van der Waals surface area (Å²) < 4.78 is 16.0. The number of nitrogens with one attached hydrogen (secondary N) is 1. The molecular formula is C23H18N4O4S. The van der Waals surface area contributed by atoms with Crippen LogP contribution in [0.25, 0.3) is 22.8 Å². The quantitative estimate of drug-likeness (QED) is 0.426. The number of pyridine rings is 1. The molecule has 1 aliphatic heterocycles. The molecule has 0 unspecified atom stereocenters. The van der Waals surface area contributed by atoms with E-state index in [-0.39, 0.29) is 18.5 Å². The molecule has 3 heterocycles. The molecule has 0 saturated carbocycles. The van der Waals surface area contributed by atoms with Crippen LogP contribution in [-0.2, 0) is 11.3 Å². The first-order chi connectivity index (χ1) is 15.7. The highest BCUT2D eigenvalue weighted by atomic mass is 32.2. The standard InChI is InChI=1S/C23H18N4O4S/c28-20(24-11-15-6-8-18-19(10-15)30-14-29-18)13-32-21-9-7-17(12-25-21)23-26-22(27-31-23)16-4-2-1-3-5-16/h1-10,12H,11,13-14H2,(H,24,28). The van der Waals surface area contributed by atoms with Gasteiger partial charge in [0.2, 0.25) is 18.5 Å². The number of aromatic nitrogens is 3. The van der Waals surface area contributed by atoms with Crippen molar-refractivity contribution >= 4 is 17.7 Å². The molecule has 32 heavy (non-hydrogen) atoms. The van der Waals surface area contributed by atoms with Crippen LogP contribution in [0.15, 0.2) is 76.4 Å². The predicted molar refractivity (Wildman–Crippen MR) is 118 cm³/mol. The van der Waals surface area contributed by atoms with Crippen molar-refractivity contribution < 1.29 is 18.8 Å². The van der Waals surface area contributed by atoms with Gasteiger partial charge in [-0.15, -0.1) is 0 Å². The van der Waals surface area contributed by atoms with E-state index in [2.05, 4.69) is 20.4 Å². The zero-order valence-electron chi connectivity index (χ0n) is 16.9. The topological polar surface area (TPSA) is 99.4 Å². The molecule has 1 N–H and O–H groups in total. The van der Waals surface area contributed by atoms with Gasteiger partial charge >= 0.3 is 0 Å².